The SMILES string of the molecule is CC(C)(O)C(F)(F)C(=O)NCC#N. The van der Waals surface area contributed by atoms with Gasteiger partial charge in [-0.3, -0.25) is 4.79 Å². The predicted octanol–water partition coefficient (Wildman–Crippen LogP) is 0.0324. The molecule has 0 saturated carbocycles. The predicted molar refractivity (Wildman–Crippen MR) is 39.9 cm³/mol. The average molecular weight is 192 g/mol. The molecule has 0 aromatic heterocycles. The molecule has 0 atom stereocenters. The summed E-state index contributed by atoms with van der Waals surface area (Å²) in [7, 11) is 0. The molecule has 0 fully saturated rings. The van der Waals surface area contributed by atoms with Gasteiger partial charge in [0.1, 0.15) is 12.1 Å². The van der Waals surface area contributed by atoms with Crippen LogP contribution in [0.25, 0.3) is 0 Å². The third-order valence-corrected chi connectivity index (χ3v) is 1.38. The summed E-state index contributed by atoms with van der Waals surface area (Å²) in [5, 5.41) is 18.6. The standard InChI is InChI=1S/C7H10F2N2O2/c1-6(2,13)7(8,9)5(12)11-4-3-10/h13H,4H2,1-2H3,(H,11,12). The molecular formula is C7H10F2N2O2. The molecule has 0 aliphatic carbocycles. The van der Waals surface area contributed by atoms with Crippen LogP contribution in [0.5, 0.6) is 0 Å². The van der Waals surface area contributed by atoms with E-state index in [4.69, 9.17) is 10.4 Å². The van der Waals surface area contributed by atoms with Crippen molar-refractivity contribution < 1.29 is 18.7 Å². The number of aliphatic hydroxyl groups is 1. The van der Waals surface area contributed by atoms with Gasteiger partial charge in [-0.05, 0) is 13.8 Å². The summed E-state index contributed by atoms with van der Waals surface area (Å²) >= 11 is 0. The van der Waals surface area contributed by atoms with E-state index in [1.54, 1.807) is 5.32 Å². The van der Waals surface area contributed by atoms with Gasteiger partial charge in [-0.1, -0.05) is 0 Å². The first-order valence-corrected chi connectivity index (χ1v) is 3.49. The molecule has 0 aliphatic heterocycles. The number of hydrogen-bond acceptors (Lipinski definition) is 3. The fourth-order valence-electron chi connectivity index (χ4n) is 0.509. The zero-order chi connectivity index (χ0) is 10.7. The van der Waals surface area contributed by atoms with Gasteiger partial charge in [0.2, 0.25) is 0 Å². The number of rotatable bonds is 3. The Morgan fingerprint density at radius 1 is 1.62 bits per heavy atom. The Morgan fingerprint density at radius 3 is 2.38 bits per heavy atom. The van der Waals surface area contributed by atoms with Crippen LogP contribution in [0.1, 0.15) is 13.8 Å². The second-order valence-corrected chi connectivity index (χ2v) is 2.97. The number of nitrogens with zero attached hydrogens (tertiary/aromatic N) is 1. The lowest BCUT2D eigenvalue weighted by Gasteiger charge is -2.26. The minimum Gasteiger partial charge on any atom is -0.384 e. The molecule has 0 unspecified atom stereocenters. The van der Waals surface area contributed by atoms with Gasteiger partial charge in [0.15, 0.2) is 0 Å². The van der Waals surface area contributed by atoms with E-state index >= 15 is 0 Å². The van der Waals surface area contributed by atoms with E-state index in [2.05, 4.69) is 0 Å². The second-order valence-electron chi connectivity index (χ2n) is 2.97. The smallest absolute Gasteiger partial charge is 0.351 e. The molecule has 0 heterocycles. The lowest BCUT2D eigenvalue weighted by atomic mass is 10.0. The molecule has 0 spiro atoms. The molecule has 0 saturated heterocycles. The molecule has 0 bridgehead atoms. The average Bonchev–Trinajstić information content (AvgIpc) is 1.97. The molecular weight excluding hydrogens is 182 g/mol. The number of nitrogens with one attached hydrogen (secondary N) is 1. The van der Waals surface area contributed by atoms with Crippen LogP contribution in [-0.4, -0.2) is 29.1 Å². The van der Waals surface area contributed by atoms with Crippen molar-refractivity contribution in [3.05, 3.63) is 0 Å². The van der Waals surface area contributed by atoms with E-state index < -0.39 is 24.0 Å². The Hall–Kier alpha value is -1.22. The highest BCUT2D eigenvalue weighted by Gasteiger charge is 2.52. The van der Waals surface area contributed by atoms with E-state index in [1.165, 1.54) is 6.07 Å². The lowest BCUT2D eigenvalue weighted by molar-refractivity contribution is -0.182. The first kappa shape index (κ1) is 11.8. The largest absolute Gasteiger partial charge is 0.384 e. The molecule has 0 aliphatic rings. The van der Waals surface area contributed by atoms with E-state index in [9.17, 15) is 13.6 Å². The van der Waals surface area contributed by atoms with Crippen LogP contribution in [0, 0.1) is 11.3 Å². The zero-order valence-electron chi connectivity index (χ0n) is 7.27. The molecule has 0 aromatic rings. The summed E-state index contributed by atoms with van der Waals surface area (Å²) < 4.78 is 25.8. The number of hydrogen-bond donors (Lipinski definition) is 2. The van der Waals surface area contributed by atoms with E-state index in [-0.39, 0.29) is 0 Å². The first-order valence-electron chi connectivity index (χ1n) is 3.49. The highest BCUT2D eigenvalue weighted by Crippen LogP contribution is 2.27. The van der Waals surface area contributed by atoms with Gasteiger partial charge in [-0.2, -0.15) is 14.0 Å². The molecule has 0 aromatic carbocycles. The van der Waals surface area contributed by atoms with Crippen LogP contribution in [-0.2, 0) is 4.79 Å². The van der Waals surface area contributed by atoms with Crippen LogP contribution >= 0.6 is 0 Å². The minimum absolute atomic E-state index is 0.509. The lowest BCUT2D eigenvalue weighted by Crippen LogP contribution is -2.54. The first-order chi connectivity index (χ1) is 5.73. The summed E-state index contributed by atoms with van der Waals surface area (Å²) in [5.41, 5.74) is -2.44. The Bertz CT molecular complexity index is 240. The van der Waals surface area contributed by atoms with Gasteiger partial charge >= 0.3 is 5.92 Å². The molecule has 13 heavy (non-hydrogen) atoms. The van der Waals surface area contributed by atoms with Crippen LogP contribution < -0.4 is 5.32 Å². The van der Waals surface area contributed by atoms with Crippen molar-refractivity contribution in [1.29, 1.82) is 5.26 Å². The monoisotopic (exact) mass is 192 g/mol. The second kappa shape index (κ2) is 3.66. The van der Waals surface area contributed by atoms with Crippen molar-refractivity contribution >= 4 is 5.91 Å². The molecule has 4 nitrogen and oxygen atoms in total. The summed E-state index contributed by atoms with van der Waals surface area (Å²) in [4.78, 5) is 10.7. The van der Waals surface area contributed by atoms with E-state index in [0.29, 0.717) is 0 Å². The molecule has 2 N–H and O–H groups in total. The molecule has 6 heteroatoms. The topological polar surface area (TPSA) is 73.1 Å². The maximum Gasteiger partial charge on any atom is 0.351 e. The fraction of sp³-hybridized carbons (Fsp3) is 0.714. The van der Waals surface area contributed by atoms with Crippen molar-refractivity contribution in [2.45, 2.75) is 25.4 Å². The molecule has 0 rings (SSSR count). The maximum absolute atomic E-state index is 12.9. The number of alkyl halides is 2. The quantitative estimate of drug-likeness (QED) is 0.619. The zero-order valence-corrected chi connectivity index (χ0v) is 7.27. The van der Waals surface area contributed by atoms with Gasteiger partial charge in [-0.25, -0.2) is 0 Å². The highest BCUT2D eigenvalue weighted by atomic mass is 19.3. The number of carbonyl (C=O) groups excluding carboxylic acids is 1. The van der Waals surface area contributed by atoms with Crippen LogP contribution in [0.2, 0.25) is 0 Å². The molecule has 74 valence electrons. The number of nitriles is 1. The third kappa shape index (κ3) is 2.63. The third-order valence-electron chi connectivity index (χ3n) is 1.38. The molecule has 0 radical (unpaired) electrons. The summed E-state index contributed by atoms with van der Waals surface area (Å²) in [5.74, 6) is -5.55. The van der Waals surface area contributed by atoms with Gasteiger partial charge in [0.25, 0.3) is 5.91 Å². The number of carbonyl (C=O) groups is 1. The van der Waals surface area contributed by atoms with E-state index in [1.807, 2.05) is 0 Å². The maximum atomic E-state index is 12.9. The summed E-state index contributed by atoms with van der Waals surface area (Å²) in [6.45, 7) is 1.13. The van der Waals surface area contributed by atoms with Gasteiger partial charge < -0.3 is 10.4 Å². The van der Waals surface area contributed by atoms with Crippen molar-refractivity contribution in [2.24, 2.45) is 0 Å². The summed E-state index contributed by atoms with van der Waals surface area (Å²) in [6.07, 6.45) is 0. The number of halogens is 2. The van der Waals surface area contributed by atoms with Crippen LogP contribution in [0.3, 0.4) is 0 Å². The van der Waals surface area contributed by atoms with Crippen molar-refractivity contribution in [2.75, 3.05) is 6.54 Å². The van der Waals surface area contributed by atoms with Crippen molar-refractivity contribution in [1.82, 2.24) is 5.32 Å². The normalized spacial score (nSPS) is 12.0. The van der Waals surface area contributed by atoms with Crippen LogP contribution in [0.15, 0.2) is 0 Å². The van der Waals surface area contributed by atoms with Gasteiger partial charge in [-0.15, -0.1) is 0 Å². The fourth-order valence-corrected chi connectivity index (χ4v) is 0.509. The van der Waals surface area contributed by atoms with Crippen LogP contribution in [0.4, 0.5) is 8.78 Å². The van der Waals surface area contributed by atoms with Gasteiger partial charge in [0, 0.05) is 0 Å². The van der Waals surface area contributed by atoms with Crippen molar-refractivity contribution in [3.63, 3.8) is 0 Å². The highest BCUT2D eigenvalue weighted by molar-refractivity contribution is 5.84. The summed E-state index contributed by atoms with van der Waals surface area (Å²) in [6, 6.07) is 1.48. The Labute approximate surface area is 74.2 Å². The van der Waals surface area contributed by atoms with Gasteiger partial charge in [0.05, 0.1) is 6.07 Å². The Morgan fingerprint density at radius 2 is 2.08 bits per heavy atom. The number of amides is 1. The molecule has 1 amide bonds. The Balaban J connectivity index is 4.48. The Kier molecular flexibility index (Phi) is 3.32. The van der Waals surface area contributed by atoms with Crippen molar-refractivity contribution in [3.8, 4) is 6.07 Å². The minimum atomic E-state index is -3.90. The van der Waals surface area contributed by atoms with E-state index in [0.717, 1.165) is 13.8 Å².